The molecule has 3 nitrogen and oxygen atoms in total. The van der Waals surface area contributed by atoms with Crippen molar-refractivity contribution in [3.8, 4) is 11.3 Å². The van der Waals surface area contributed by atoms with Crippen molar-refractivity contribution in [3.63, 3.8) is 0 Å². The maximum atomic E-state index is 7.58. The Morgan fingerprint density at radius 2 is 2.09 bits per heavy atom. The second-order valence-electron chi connectivity index (χ2n) is 5.61. The Bertz CT molecular complexity index is 1110. The molecule has 0 saturated heterocycles. The summed E-state index contributed by atoms with van der Waals surface area (Å²) in [6, 6.07) is 13.4. The number of fused-ring (bicyclic) bond motifs is 3. The Morgan fingerprint density at radius 3 is 2.91 bits per heavy atom. The van der Waals surface area contributed by atoms with Crippen molar-refractivity contribution >= 4 is 16.7 Å². The molecule has 0 atom stereocenters. The van der Waals surface area contributed by atoms with Crippen molar-refractivity contribution in [2.75, 3.05) is 0 Å². The van der Waals surface area contributed by atoms with Crippen LogP contribution >= 0.6 is 0 Å². The van der Waals surface area contributed by atoms with E-state index in [1.165, 1.54) is 0 Å². The van der Waals surface area contributed by atoms with Gasteiger partial charge in [0.2, 0.25) is 5.69 Å². The lowest BCUT2D eigenvalue weighted by Crippen LogP contribution is -2.30. The monoisotopic (exact) mass is 291 g/mol. The molecule has 4 rings (SSSR count). The van der Waals surface area contributed by atoms with Crippen molar-refractivity contribution in [1.82, 2.24) is 9.38 Å². The van der Waals surface area contributed by atoms with Gasteiger partial charge in [-0.15, -0.1) is 0 Å². The molecular weight excluding hydrogens is 270 g/mol. The number of nitrogens with zero attached hydrogens (tertiary/aromatic N) is 3. The standard InChI is InChI=1S/C19H18N3/c1-13-7-8-15(14(2)10-13)17-11-18-16(12-21(17)3)20-19-6-4-5-9-22(18)19/h4-12H,1-3H3/q+1/i1D3. The first-order valence-electron chi connectivity index (χ1n) is 8.72. The number of hydrogen-bond donors (Lipinski definition) is 0. The van der Waals surface area contributed by atoms with Crippen LogP contribution in [-0.4, -0.2) is 9.38 Å². The van der Waals surface area contributed by atoms with E-state index in [4.69, 9.17) is 4.11 Å². The van der Waals surface area contributed by atoms with Crippen LogP contribution in [0.3, 0.4) is 0 Å². The van der Waals surface area contributed by atoms with Gasteiger partial charge in [-0.2, -0.15) is 4.57 Å². The molecule has 0 aliphatic heterocycles. The number of pyridine rings is 2. The second-order valence-corrected chi connectivity index (χ2v) is 5.61. The van der Waals surface area contributed by atoms with Crippen LogP contribution in [0.5, 0.6) is 0 Å². The molecule has 108 valence electrons. The summed E-state index contributed by atoms with van der Waals surface area (Å²) in [6.45, 7) is -0.139. The number of aryl methyl sites for hydroxylation is 3. The van der Waals surface area contributed by atoms with Crippen LogP contribution < -0.4 is 4.57 Å². The summed E-state index contributed by atoms with van der Waals surface area (Å²) >= 11 is 0. The van der Waals surface area contributed by atoms with Gasteiger partial charge in [-0.3, -0.25) is 4.40 Å². The average Bonchev–Trinajstić information content (AvgIpc) is 2.90. The van der Waals surface area contributed by atoms with Crippen molar-refractivity contribution in [1.29, 1.82) is 0 Å². The van der Waals surface area contributed by atoms with Gasteiger partial charge in [-0.25, -0.2) is 4.98 Å². The lowest BCUT2D eigenvalue weighted by Gasteiger charge is -2.06. The zero-order chi connectivity index (χ0) is 17.8. The average molecular weight is 291 g/mol. The van der Waals surface area contributed by atoms with Gasteiger partial charge in [0, 0.05) is 21.9 Å². The molecule has 0 fully saturated rings. The molecule has 0 N–H and O–H groups in total. The van der Waals surface area contributed by atoms with Crippen LogP contribution in [-0.2, 0) is 7.05 Å². The van der Waals surface area contributed by atoms with Crippen LogP contribution in [0, 0.1) is 13.8 Å². The van der Waals surface area contributed by atoms with E-state index in [2.05, 4.69) is 15.5 Å². The largest absolute Gasteiger partial charge is 0.299 e. The molecule has 0 bridgehead atoms. The maximum Gasteiger partial charge on any atom is 0.214 e. The normalized spacial score (nSPS) is 14.0. The molecule has 22 heavy (non-hydrogen) atoms. The third-order valence-electron chi connectivity index (χ3n) is 4.07. The van der Waals surface area contributed by atoms with Gasteiger partial charge < -0.3 is 0 Å². The van der Waals surface area contributed by atoms with Crippen molar-refractivity contribution in [3.05, 3.63) is 66.0 Å². The molecule has 3 heteroatoms. The quantitative estimate of drug-likeness (QED) is 0.491. The van der Waals surface area contributed by atoms with Gasteiger partial charge in [-0.1, -0.05) is 23.8 Å². The lowest BCUT2D eigenvalue weighted by atomic mass is 10.0. The summed E-state index contributed by atoms with van der Waals surface area (Å²) in [4.78, 5) is 4.65. The molecule has 0 radical (unpaired) electrons. The molecule has 1 aromatic carbocycles. The third-order valence-corrected chi connectivity index (χ3v) is 4.07. The lowest BCUT2D eigenvalue weighted by molar-refractivity contribution is -0.659. The fourth-order valence-corrected chi connectivity index (χ4v) is 2.97. The summed E-state index contributed by atoms with van der Waals surface area (Å²) in [5.74, 6) is 0. The minimum Gasteiger partial charge on any atom is -0.299 e. The van der Waals surface area contributed by atoms with Gasteiger partial charge >= 0.3 is 0 Å². The van der Waals surface area contributed by atoms with E-state index in [0.29, 0.717) is 5.56 Å². The molecule has 0 spiro atoms. The number of rotatable bonds is 1. The third kappa shape index (κ3) is 1.90. The maximum absolute atomic E-state index is 7.58. The summed E-state index contributed by atoms with van der Waals surface area (Å²) in [6.07, 6.45) is 4.01. The first kappa shape index (κ1) is 10.1. The molecule has 3 aromatic heterocycles. The van der Waals surface area contributed by atoms with E-state index in [1.54, 1.807) is 12.1 Å². The Morgan fingerprint density at radius 1 is 1.18 bits per heavy atom. The SMILES string of the molecule is [2H]C([2H])([2H])c1ccc(-c2cc3c(c[n+]2C)nc2ccccn23)c(C)c1. The summed E-state index contributed by atoms with van der Waals surface area (Å²) in [5.41, 5.74) is 6.21. The Kier molecular flexibility index (Phi) is 2.15. The fraction of sp³-hybridized carbons (Fsp3) is 0.158. The van der Waals surface area contributed by atoms with E-state index in [-0.39, 0.29) is 0 Å². The van der Waals surface area contributed by atoms with Crippen molar-refractivity contribution < 1.29 is 8.68 Å². The van der Waals surface area contributed by atoms with E-state index in [9.17, 15) is 0 Å². The van der Waals surface area contributed by atoms with E-state index >= 15 is 0 Å². The first-order valence-corrected chi connectivity index (χ1v) is 7.22. The Hall–Kier alpha value is -2.68. The predicted molar refractivity (Wildman–Crippen MR) is 88.8 cm³/mol. The summed E-state index contributed by atoms with van der Waals surface area (Å²) < 4.78 is 26.8. The van der Waals surface area contributed by atoms with Gasteiger partial charge in [-0.05, 0) is 37.5 Å². The van der Waals surface area contributed by atoms with Crippen LogP contribution in [0.25, 0.3) is 27.9 Å². The highest BCUT2D eigenvalue weighted by Gasteiger charge is 2.16. The highest BCUT2D eigenvalue weighted by Crippen LogP contribution is 2.24. The first-order chi connectivity index (χ1) is 11.8. The van der Waals surface area contributed by atoms with Crippen LogP contribution in [0.15, 0.2) is 54.9 Å². The molecule has 4 aromatic rings. The number of hydrogen-bond acceptors (Lipinski definition) is 1. The zero-order valence-electron chi connectivity index (χ0n) is 15.5. The topological polar surface area (TPSA) is 21.2 Å². The number of imidazole rings is 1. The molecule has 0 unspecified atom stereocenters. The van der Waals surface area contributed by atoms with E-state index < -0.39 is 6.85 Å². The van der Waals surface area contributed by atoms with Crippen LogP contribution in [0.4, 0.5) is 0 Å². The van der Waals surface area contributed by atoms with Gasteiger partial charge in [0.25, 0.3) is 0 Å². The van der Waals surface area contributed by atoms with Gasteiger partial charge in [0.15, 0.2) is 11.7 Å². The van der Waals surface area contributed by atoms with Gasteiger partial charge in [0.05, 0.1) is 5.52 Å². The minimum atomic E-state index is -2.09. The fourth-order valence-electron chi connectivity index (χ4n) is 2.97. The number of benzene rings is 1. The van der Waals surface area contributed by atoms with Gasteiger partial charge in [0.1, 0.15) is 12.7 Å². The van der Waals surface area contributed by atoms with E-state index in [1.807, 2.05) is 55.2 Å². The summed E-state index contributed by atoms with van der Waals surface area (Å²) in [7, 11) is 1.98. The summed E-state index contributed by atoms with van der Waals surface area (Å²) in [5, 5.41) is 0. The molecular formula is C19H18N3+. The highest BCUT2D eigenvalue weighted by molar-refractivity contribution is 5.82. The smallest absolute Gasteiger partial charge is 0.214 e. The zero-order valence-corrected chi connectivity index (χ0v) is 12.5. The molecule has 0 amide bonds. The minimum absolute atomic E-state index is 0.368. The van der Waals surface area contributed by atoms with Crippen molar-refractivity contribution in [2.45, 2.75) is 13.8 Å². The highest BCUT2D eigenvalue weighted by atomic mass is 15.0. The van der Waals surface area contributed by atoms with E-state index in [0.717, 1.165) is 33.5 Å². The molecule has 3 heterocycles. The predicted octanol–water partition coefficient (Wildman–Crippen LogP) is 3.60. The van der Waals surface area contributed by atoms with Crippen LogP contribution in [0.1, 0.15) is 15.2 Å². The Labute approximate surface area is 133 Å². The van der Waals surface area contributed by atoms with Crippen LogP contribution in [0.2, 0.25) is 0 Å². The molecule has 0 aliphatic carbocycles. The molecule has 0 aliphatic rings. The van der Waals surface area contributed by atoms with Crippen molar-refractivity contribution in [2.24, 2.45) is 7.05 Å². The Balaban J connectivity index is 1.94. The number of aromatic nitrogens is 3. The second kappa shape index (κ2) is 4.67. The molecule has 0 saturated carbocycles.